The van der Waals surface area contributed by atoms with E-state index in [2.05, 4.69) is 16.3 Å². The van der Waals surface area contributed by atoms with Gasteiger partial charge in [0.2, 0.25) is 6.41 Å². The highest BCUT2D eigenvalue weighted by Gasteiger charge is 2.21. The third-order valence-electron chi connectivity index (χ3n) is 4.55. The molecule has 0 saturated heterocycles. The number of benzene rings is 3. The van der Waals surface area contributed by atoms with Crippen LogP contribution in [0, 0.1) is 18.2 Å². The van der Waals surface area contributed by atoms with E-state index < -0.39 is 11.7 Å². The highest BCUT2D eigenvalue weighted by Crippen LogP contribution is 2.32. The van der Waals surface area contributed by atoms with Gasteiger partial charge >= 0.3 is 0 Å². The number of hydrazone groups is 1. The lowest BCUT2D eigenvalue weighted by Gasteiger charge is -2.21. The third kappa shape index (κ3) is 5.76. The van der Waals surface area contributed by atoms with Crippen LogP contribution in [0.2, 0.25) is 5.02 Å². The van der Waals surface area contributed by atoms with Crippen LogP contribution in [0.4, 0.5) is 21.5 Å². The summed E-state index contributed by atoms with van der Waals surface area (Å²) in [7, 11) is 3.48. The van der Waals surface area contributed by atoms with E-state index in [-0.39, 0.29) is 22.0 Å². The van der Waals surface area contributed by atoms with Gasteiger partial charge in [-0.15, -0.1) is 6.42 Å². The summed E-state index contributed by atoms with van der Waals surface area (Å²) in [6.45, 7) is 0. The van der Waals surface area contributed by atoms with Crippen molar-refractivity contribution in [2.75, 3.05) is 24.3 Å². The average molecular weight is 463 g/mol. The van der Waals surface area contributed by atoms with Crippen LogP contribution in [-0.2, 0) is 4.79 Å². The number of terminal acetylenes is 1. The van der Waals surface area contributed by atoms with Gasteiger partial charge in [0.25, 0.3) is 5.91 Å². The Kier molecular flexibility index (Phi) is 7.44. The number of halogens is 2. The van der Waals surface area contributed by atoms with E-state index in [1.807, 2.05) is 0 Å². The molecule has 0 radical (unpaired) electrons. The van der Waals surface area contributed by atoms with Gasteiger partial charge < -0.3 is 10.3 Å². The quantitative estimate of drug-likeness (QED) is 0.235. The van der Waals surface area contributed by atoms with Gasteiger partial charge in [0, 0.05) is 30.4 Å². The molecular formula is C25H20ClFN4O2. The minimum Gasteiger partial charge on any atom is -0.322 e. The first kappa shape index (κ1) is 23.5. The van der Waals surface area contributed by atoms with E-state index in [0.717, 1.165) is 4.90 Å². The molecule has 0 heterocycles. The Morgan fingerprint density at radius 3 is 2.39 bits per heavy atom. The molecule has 0 atom stereocenters. The van der Waals surface area contributed by atoms with E-state index in [4.69, 9.17) is 18.0 Å². The maximum Gasteiger partial charge on any atom is 0.257 e. The Labute approximate surface area is 196 Å². The van der Waals surface area contributed by atoms with Crippen molar-refractivity contribution in [1.82, 2.24) is 5.01 Å². The molecule has 1 N–H and O–H groups in total. The fraction of sp³-hybridized carbons (Fsp3) is 0.0800. The summed E-state index contributed by atoms with van der Waals surface area (Å²) in [6, 6.07) is 15.4. The summed E-state index contributed by atoms with van der Waals surface area (Å²) >= 11 is 6.11. The van der Waals surface area contributed by atoms with Gasteiger partial charge in [0.05, 0.1) is 23.2 Å². The Hall–Kier alpha value is -4.15. The molecule has 3 aromatic carbocycles. The monoisotopic (exact) mass is 462 g/mol. The van der Waals surface area contributed by atoms with Crippen molar-refractivity contribution in [1.29, 1.82) is 0 Å². The zero-order valence-corrected chi connectivity index (χ0v) is 18.7. The molecule has 6 nitrogen and oxygen atoms in total. The highest BCUT2D eigenvalue weighted by molar-refractivity contribution is 6.31. The smallest absolute Gasteiger partial charge is 0.257 e. The molecule has 0 bridgehead atoms. The Bertz CT molecular complexity index is 1250. The zero-order valence-electron chi connectivity index (χ0n) is 17.9. The third-order valence-corrected chi connectivity index (χ3v) is 4.78. The van der Waals surface area contributed by atoms with Gasteiger partial charge in [0.1, 0.15) is 5.82 Å². The summed E-state index contributed by atoms with van der Waals surface area (Å²) in [6.07, 6.45) is 7.28. The van der Waals surface area contributed by atoms with Gasteiger partial charge in [0.15, 0.2) is 0 Å². The maximum atomic E-state index is 14.9. The lowest BCUT2D eigenvalue weighted by molar-refractivity contribution is -0.106. The number of carbonyl (C=O) groups excluding carboxylic acids is 2. The van der Waals surface area contributed by atoms with E-state index in [9.17, 15) is 14.0 Å². The largest absolute Gasteiger partial charge is 0.322 e. The Morgan fingerprint density at radius 2 is 1.79 bits per heavy atom. The van der Waals surface area contributed by atoms with E-state index >= 15 is 0 Å². The van der Waals surface area contributed by atoms with E-state index in [0.29, 0.717) is 23.2 Å². The predicted molar refractivity (Wildman–Crippen MR) is 130 cm³/mol. The van der Waals surface area contributed by atoms with Crippen LogP contribution < -0.4 is 10.2 Å². The number of nitrogens with one attached hydrogen (secondary N) is 1. The number of nitrogens with zero attached hydrogens (tertiary/aromatic N) is 3. The lowest BCUT2D eigenvalue weighted by Crippen LogP contribution is -2.21. The number of carbonyl (C=O) groups is 2. The number of amides is 2. The zero-order chi connectivity index (χ0) is 24.0. The standard InChI is InChI=1S/C25H20ClFN4O2/c1-4-17-5-9-20(10-6-17)29-25(33)21-14-19(26)8-12-23(21)31(16-32)24-11-7-18(13-22(24)27)15-28-30(2)3/h1,5-16H,2-3H3,(H,29,33). The SMILES string of the molecule is C#Cc1ccc(NC(=O)c2cc(Cl)ccc2N(C=O)c2ccc(C=NN(C)C)cc2F)cc1. The molecule has 3 aromatic rings. The molecule has 0 aliphatic rings. The van der Waals surface area contributed by atoms with Crippen molar-refractivity contribution in [2.45, 2.75) is 0 Å². The minimum absolute atomic E-state index is 0.0262. The molecule has 8 heteroatoms. The molecule has 33 heavy (non-hydrogen) atoms. The molecule has 0 fully saturated rings. The molecule has 2 amide bonds. The first-order chi connectivity index (χ1) is 15.8. The summed E-state index contributed by atoms with van der Waals surface area (Å²) in [5.41, 5.74) is 1.91. The van der Waals surface area contributed by atoms with Crippen LogP contribution in [0.1, 0.15) is 21.5 Å². The lowest BCUT2D eigenvalue weighted by atomic mass is 10.1. The fourth-order valence-electron chi connectivity index (χ4n) is 2.97. The van der Waals surface area contributed by atoms with E-state index in [1.54, 1.807) is 49.4 Å². The molecule has 0 aliphatic carbocycles. The van der Waals surface area contributed by atoms with Gasteiger partial charge in [-0.25, -0.2) is 4.39 Å². The Morgan fingerprint density at radius 1 is 1.09 bits per heavy atom. The van der Waals surface area contributed by atoms with Crippen LogP contribution in [0.5, 0.6) is 0 Å². The van der Waals surface area contributed by atoms with Crippen molar-refractivity contribution in [2.24, 2.45) is 5.10 Å². The van der Waals surface area contributed by atoms with Crippen molar-refractivity contribution in [3.63, 3.8) is 0 Å². The fourth-order valence-corrected chi connectivity index (χ4v) is 3.14. The van der Waals surface area contributed by atoms with Crippen molar-refractivity contribution in [3.8, 4) is 12.3 Å². The van der Waals surface area contributed by atoms with Crippen molar-refractivity contribution < 1.29 is 14.0 Å². The number of rotatable bonds is 7. The molecule has 0 aromatic heterocycles. The number of anilines is 3. The van der Waals surface area contributed by atoms with Crippen LogP contribution in [0.15, 0.2) is 65.8 Å². The summed E-state index contributed by atoms with van der Waals surface area (Å²) in [5, 5.41) is 8.66. The molecule has 0 spiro atoms. The Balaban J connectivity index is 1.97. The van der Waals surface area contributed by atoms with Gasteiger partial charge in [-0.3, -0.25) is 14.5 Å². The van der Waals surface area contributed by atoms with Crippen LogP contribution >= 0.6 is 11.6 Å². The first-order valence-corrected chi connectivity index (χ1v) is 10.1. The summed E-state index contributed by atoms with van der Waals surface area (Å²) in [5.74, 6) is 1.32. The van der Waals surface area contributed by atoms with Crippen molar-refractivity contribution >= 4 is 47.2 Å². The molecule has 0 aliphatic heterocycles. The molecule has 3 rings (SSSR count). The topological polar surface area (TPSA) is 65.0 Å². The number of hydrogen-bond acceptors (Lipinski definition) is 4. The molecule has 0 saturated carbocycles. The highest BCUT2D eigenvalue weighted by atomic mass is 35.5. The maximum absolute atomic E-state index is 14.9. The van der Waals surface area contributed by atoms with E-state index in [1.165, 1.54) is 36.5 Å². The molecule has 0 unspecified atom stereocenters. The second kappa shape index (κ2) is 10.4. The second-order valence-corrected chi connectivity index (χ2v) is 7.55. The average Bonchev–Trinajstić information content (AvgIpc) is 2.80. The number of hydrogen-bond donors (Lipinski definition) is 1. The van der Waals surface area contributed by atoms with Crippen LogP contribution in [0.25, 0.3) is 0 Å². The second-order valence-electron chi connectivity index (χ2n) is 7.12. The predicted octanol–water partition coefficient (Wildman–Crippen LogP) is 4.90. The van der Waals surface area contributed by atoms with Gasteiger partial charge in [-0.1, -0.05) is 23.6 Å². The van der Waals surface area contributed by atoms with Crippen LogP contribution in [-0.4, -0.2) is 37.6 Å². The molecule has 166 valence electrons. The van der Waals surface area contributed by atoms with Crippen LogP contribution in [0.3, 0.4) is 0 Å². The first-order valence-electron chi connectivity index (χ1n) is 9.75. The summed E-state index contributed by atoms with van der Waals surface area (Å²) in [4.78, 5) is 26.1. The van der Waals surface area contributed by atoms with Crippen molar-refractivity contribution in [3.05, 3.63) is 88.2 Å². The molecular weight excluding hydrogens is 443 g/mol. The summed E-state index contributed by atoms with van der Waals surface area (Å²) < 4.78 is 14.9. The normalized spacial score (nSPS) is 10.5. The van der Waals surface area contributed by atoms with Gasteiger partial charge in [-0.2, -0.15) is 5.10 Å². The minimum atomic E-state index is -0.656. The van der Waals surface area contributed by atoms with Gasteiger partial charge in [-0.05, 0) is 60.2 Å².